The topological polar surface area (TPSA) is 60.2 Å². The van der Waals surface area contributed by atoms with Crippen molar-refractivity contribution in [3.8, 4) is 5.88 Å². The molecule has 0 radical (unpaired) electrons. The number of aromatic nitrogens is 1. The largest absolute Gasteiger partial charge is 0.470 e. The second-order valence-electron chi connectivity index (χ2n) is 6.91. The van der Waals surface area contributed by atoms with Gasteiger partial charge in [-0.05, 0) is 57.6 Å². The number of anilines is 2. The number of hydrogen-bond acceptors (Lipinski definition) is 4. The van der Waals surface area contributed by atoms with E-state index in [0.29, 0.717) is 17.0 Å². The Bertz CT molecular complexity index is 461. The van der Waals surface area contributed by atoms with Gasteiger partial charge in [0, 0.05) is 6.54 Å². The Morgan fingerprint density at radius 2 is 2.05 bits per heavy atom. The molecule has 1 fully saturated rings. The molecule has 1 heterocycles. The van der Waals surface area contributed by atoms with E-state index in [1.54, 1.807) is 0 Å². The number of nitrogens with one attached hydrogen (secondary N) is 1. The molecule has 2 rings (SSSR count). The van der Waals surface area contributed by atoms with Gasteiger partial charge in [0.15, 0.2) is 0 Å². The van der Waals surface area contributed by atoms with Gasteiger partial charge in [-0.15, -0.1) is 0 Å². The predicted molar refractivity (Wildman–Crippen MR) is 84.1 cm³/mol. The third kappa shape index (κ3) is 4.02. The zero-order valence-electron chi connectivity index (χ0n) is 13.1. The van der Waals surface area contributed by atoms with Gasteiger partial charge in [-0.1, -0.05) is 13.3 Å². The standard InChI is InChI=1S/C16H27N3O/c1-5-8-16(9-10-16)11-18-13-7-6-12(17)14(19-13)20-15(2,3)4/h6-7H,5,8-11,17H2,1-4H3,(H,18,19). The molecule has 0 aliphatic heterocycles. The maximum atomic E-state index is 5.92. The van der Waals surface area contributed by atoms with Crippen molar-refractivity contribution in [2.24, 2.45) is 5.41 Å². The normalized spacial score (nSPS) is 16.8. The third-order valence-corrected chi connectivity index (χ3v) is 3.67. The van der Waals surface area contributed by atoms with E-state index in [1.165, 1.54) is 25.7 Å². The highest BCUT2D eigenvalue weighted by molar-refractivity contribution is 5.53. The summed E-state index contributed by atoms with van der Waals surface area (Å²) >= 11 is 0. The minimum atomic E-state index is -0.292. The molecule has 1 aromatic heterocycles. The lowest BCUT2D eigenvalue weighted by Crippen LogP contribution is -2.24. The highest BCUT2D eigenvalue weighted by Gasteiger charge is 2.41. The first-order valence-corrected chi connectivity index (χ1v) is 7.53. The Kier molecular flexibility index (Phi) is 4.11. The van der Waals surface area contributed by atoms with Crippen LogP contribution in [-0.4, -0.2) is 17.1 Å². The van der Waals surface area contributed by atoms with Crippen LogP contribution in [0.25, 0.3) is 0 Å². The van der Waals surface area contributed by atoms with Gasteiger partial charge in [-0.2, -0.15) is 4.98 Å². The molecule has 0 atom stereocenters. The summed E-state index contributed by atoms with van der Waals surface area (Å²) in [6.07, 6.45) is 5.19. The van der Waals surface area contributed by atoms with E-state index in [4.69, 9.17) is 10.5 Å². The molecule has 0 bridgehead atoms. The van der Waals surface area contributed by atoms with E-state index in [2.05, 4.69) is 17.2 Å². The van der Waals surface area contributed by atoms with Crippen LogP contribution in [-0.2, 0) is 0 Å². The molecule has 1 aliphatic carbocycles. The van der Waals surface area contributed by atoms with Crippen LogP contribution in [0.1, 0.15) is 53.4 Å². The number of nitrogens with two attached hydrogens (primary N) is 1. The Labute approximate surface area is 122 Å². The van der Waals surface area contributed by atoms with E-state index in [0.717, 1.165) is 12.4 Å². The quantitative estimate of drug-likeness (QED) is 0.829. The first-order chi connectivity index (χ1) is 9.34. The van der Waals surface area contributed by atoms with Gasteiger partial charge in [0.25, 0.3) is 0 Å². The van der Waals surface area contributed by atoms with E-state index in [1.807, 2.05) is 32.9 Å². The fourth-order valence-electron chi connectivity index (χ4n) is 2.42. The van der Waals surface area contributed by atoms with Gasteiger partial charge < -0.3 is 15.8 Å². The fraction of sp³-hybridized carbons (Fsp3) is 0.688. The zero-order chi connectivity index (χ0) is 14.8. The van der Waals surface area contributed by atoms with Crippen molar-refractivity contribution in [1.29, 1.82) is 0 Å². The van der Waals surface area contributed by atoms with Crippen molar-refractivity contribution < 1.29 is 4.74 Å². The smallest absolute Gasteiger partial charge is 0.239 e. The Balaban J connectivity index is 2.00. The highest BCUT2D eigenvalue weighted by atomic mass is 16.5. The first kappa shape index (κ1) is 14.9. The van der Waals surface area contributed by atoms with Gasteiger partial charge in [-0.25, -0.2) is 0 Å². The summed E-state index contributed by atoms with van der Waals surface area (Å²) in [6.45, 7) is 9.22. The second-order valence-corrected chi connectivity index (χ2v) is 6.91. The van der Waals surface area contributed by atoms with Crippen molar-refractivity contribution in [2.45, 2.75) is 59.0 Å². The molecule has 0 aromatic carbocycles. The number of hydrogen-bond donors (Lipinski definition) is 2. The van der Waals surface area contributed by atoms with Crippen molar-refractivity contribution in [1.82, 2.24) is 4.98 Å². The molecule has 0 saturated heterocycles. The molecule has 4 heteroatoms. The molecular weight excluding hydrogens is 250 g/mol. The van der Waals surface area contributed by atoms with Crippen LogP contribution >= 0.6 is 0 Å². The van der Waals surface area contributed by atoms with Crippen LogP contribution < -0.4 is 15.8 Å². The van der Waals surface area contributed by atoms with Crippen LogP contribution in [0, 0.1) is 5.41 Å². The number of rotatable bonds is 6. The lowest BCUT2D eigenvalue weighted by atomic mass is 10.0. The lowest BCUT2D eigenvalue weighted by Gasteiger charge is -2.22. The molecule has 20 heavy (non-hydrogen) atoms. The molecule has 0 spiro atoms. The zero-order valence-corrected chi connectivity index (χ0v) is 13.1. The minimum absolute atomic E-state index is 0.292. The van der Waals surface area contributed by atoms with Crippen molar-refractivity contribution in [2.75, 3.05) is 17.6 Å². The minimum Gasteiger partial charge on any atom is -0.470 e. The number of pyridine rings is 1. The Hall–Kier alpha value is -1.45. The Morgan fingerprint density at radius 3 is 2.60 bits per heavy atom. The van der Waals surface area contributed by atoms with Gasteiger partial charge in [0.05, 0.1) is 5.69 Å². The van der Waals surface area contributed by atoms with E-state index < -0.39 is 0 Å². The molecular formula is C16H27N3O. The summed E-state index contributed by atoms with van der Waals surface area (Å²) < 4.78 is 5.79. The van der Waals surface area contributed by atoms with Crippen LogP contribution in [0.5, 0.6) is 5.88 Å². The van der Waals surface area contributed by atoms with E-state index in [-0.39, 0.29) is 5.60 Å². The number of ether oxygens (including phenoxy) is 1. The summed E-state index contributed by atoms with van der Waals surface area (Å²) in [4.78, 5) is 4.49. The first-order valence-electron chi connectivity index (χ1n) is 7.53. The van der Waals surface area contributed by atoms with Crippen LogP contribution in [0.2, 0.25) is 0 Å². The van der Waals surface area contributed by atoms with Gasteiger partial charge in [-0.3, -0.25) is 0 Å². The second kappa shape index (κ2) is 5.51. The van der Waals surface area contributed by atoms with E-state index in [9.17, 15) is 0 Å². The van der Waals surface area contributed by atoms with Gasteiger partial charge in [0.2, 0.25) is 5.88 Å². The molecule has 112 valence electrons. The maximum absolute atomic E-state index is 5.92. The number of nitrogens with zero attached hydrogens (tertiary/aromatic N) is 1. The molecule has 0 amide bonds. The average molecular weight is 277 g/mol. The summed E-state index contributed by atoms with van der Waals surface area (Å²) in [6, 6.07) is 3.78. The van der Waals surface area contributed by atoms with Crippen molar-refractivity contribution >= 4 is 11.5 Å². The fourth-order valence-corrected chi connectivity index (χ4v) is 2.42. The van der Waals surface area contributed by atoms with Gasteiger partial charge >= 0.3 is 0 Å². The van der Waals surface area contributed by atoms with E-state index >= 15 is 0 Å². The summed E-state index contributed by atoms with van der Waals surface area (Å²) in [5.41, 5.74) is 6.72. The van der Waals surface area contributed by atoms with Crippen LogP contribution in [0.15, 0.2) is 12.1 Å². The summed E-state index contributed by atoms with van der Waals surface area (Å²) in [7, 11) is 0. The molecule has 1 aromatic rings. The van der Waals surface area contributed by atoms with Crippen LogP contribution in [0.4, 0.5) is 11.5 Å². The molecule has 1 aliphatic rings. The SMILES string of the molecule is CCCC1(CNc2ccc(N)c(OC(C)(C)C)n2)CC1. The summed E-state index contributed by atoms with van der Waals surface area (Å²) in [5.74, 6) is 1.36. The van der Waals surface area contributed by atoms with Crippen molar-refractivity contribution in [3.05, 3.63) is 12.1 Å². The molecule has 4 nitrogen and oxygen atoms in total. The van der Waals surface area contributed by atoms with Gasteiger partial charge in [0.1, 0.15) is 11.4 Å². The number of nitrogen functional groups attached to an aromatic ring is 1. The third-order valence-electron chi connectivity index (χ3n) is 3.67. The lowest BCUT2D eigenvalue weighted by molar-refractivity contribution is 0.125. The average Bonchev–Trinajstić information content (AvgIpc) is 3.09. The predicted octanol–water partition coefficient (Wildman–Crippen LogP) is 3.83. The maximum Gasteiger partial charge on any atom is 0.239 e. The summed E-state index contributed by atoms with van der Waals surface area (Å²) in [5, 5.41) is 3.44. The Morgan fingerprint density at radius 1 is 1.35 bits per heavy atom. The molecule has 3 N–H and O–H groups in total. The van der Waals surface area contributed by atoms with Crippen molar-refractivity contribution in [3.63, 3.8) is 0 Å². The monoisotopic (exact) mass is 277 g/mol. The molecule has 1 saturated carbocycles. The molecule has 0 unspecified atom stereocenters. The highest BCUT2D eigenvalue weighted by Crippen LogP contribution is 2.49. The van der Waals surface area contributed by atoms with Crippen LogP contribution in [0.3, 0.4) is 0 Å².